The van der Waals surface area contributed by atoms with Crippen LogP contribution in [0.1, 0.15) is 5.69 Å². The normalized spacial score (nSPS) is 20.3. The number of carboxylic acid groups (broad SMARTS) is 1. The second-order valence-electron chi connectivity index (χ2n) is 6.48. The molecular formula is C16H15N7O5S5. The number of carbonyl (C=O) groups is 3. The van der Waals surface area contributed by atoms with E-state index in [2.05, 4.69) is 25.7 Å². The van der Waals surface area contributed by atoms with Crippen LogP contribution in [0.3, 0.4) is 0 Å². The van der Waals surface area contributed by atoms with E-state index in [4.69, 9.17) is 22.8 Å². The van der Waals surface area contributed by atoms with Crippen LogP contribution in [0.15, 0.2) is 26.1 Å². The number of aliphatic carboxylic acids is 1. The highest BCUT2D eigenvalue weighted by Gasteiger charge is 2.54. The molecule has 4 heterocycles. The average molecular weight is 546 g/mol. The SMILES string of the molecule is CO/N=C(\C(=O)N[C@@H]1C(=O)N2C(C(=O)O)=C(CSc3n[nH]c(=S)s3)CS[C@H]12)c1csc(N)n1. The lowest BCUT2D eigenvalue weighted by Gasteiger charge is -2.49. The molecule has 12 nitrogen and oxygen atoms in total. The summed E-state index contributed by atoms with van der Waals surface area (Å²) in [4.78, 5) is 47.6. The minimum Gasteiger partial charge on any atom is -0.477 e. The molecular weight excluding hydrogens is 531 g/mol. The molecule has 5 N–H and O–H groups in total. The van der Waals surface area contributed by atoms with Gasteiger partial charge in [0.15, 0.2) is 19.1 Å². The maximum absolute atomic E-state index is 12.9. The third-order valence-electron chi connectivity index (χ3n) is 4.49. The van der Waals surface area contributed by atoms with Crippen molar-refractivity contribution in [1.29, 1.82) is 0 Å². The van der Waals surface area contributed by atoms with E-state index in [-0.39, 0.29) is 22.2 Å². The molecule has 0 aliphatic carbocycles. The zero-order valence-electron chi connectivity index (χ0n) is 16.6. The number of carboxylic acids is 1. The van der Waals surface area contributed by atoms with Crippen LogP contribution in [-0.2, 0) is 19.2 Å². The lowest BCUT2D eigenvalue weighted by atomic mass is 10.0. The van der Waals surface area contributed by atoms with Crippen molar-refractivity contribution in [1.82, 2.24) is 25.4 Å². The lowest BCUT2D eigenvalue weighted by Crippen LogP contribution is -2.71. The molecule has 2 aliphatic rings. The Hall–Kier alpha value is -2.47. The summed E-state index contributed by atoms with van der Waals surface area (Å²) in [6.45, 7) is 0. The zero-order valence-corrected chi connectivity index (χ0v) is 20.7. The van der Waals surface area contributed by atoms with E-state index in [1.54, 1.807) is 5.38 Å². The molecule has 1 fully saturated rings. The number of nitrogens with zero attached hydrogens (tertiary/aromatic N) is 4. The number of nitrogens with one attached hydrogen (secondary N) is 2. The monoisotopic (exact) mass is 545 g/mol. The quantitative estimate of drug-likeness (QED) is 0.123. The number of carbonyl (C=O) groups excluding carboxylic acids is 2. The van der Waals surface area contributed by atoms with E-state index in [9.17, 15) is 19.5 Å². The first-order chi connectivity index (χ1) is 15.8. The van der Waals surface area contributed by atoms with Crippen molar-refractivity contribution in [3.05, 3.63) is 26.3 Å². The Kier molecular flexibility index (Phi) is 7.03. The first kappa shape index (κ1) is 23.7. The van der Waals surface area contributed by atoms with Gasteiger partial charge in [0.25, 0.3) is 11.8 Å². The molecule has 174 valence electrons. The van der Waals surface area contributed by atoms with Gasteiger partial charge in [-0.25, -0.2) is 9.78 Å². The number of thioether (sulfide) groups is 2. The average Bonchev–Trinajstić information content (AvgIpc) is 3.40. The molecule has 0 unspecified atom stereocenters. The number of β-lactam (4-membered cyclic amide) rings is 1. The van der Waals surface area contributed by atoms with Crippen LogP contribution in [0.4, 0.5) is 5.13 Å². The summed E-state index contributed by atoms with van der Waals surface area (Å²) in [5.41, 5.74) is 6.22. The van der Waals surface area contributed by atoms with Crippen molar-refractivity contribution < 1.29 is 24.3 Å². The fourth-order valence-electron chi connectivity index (χ4n) is 3.12. The van der Waals surface area contributed by atoms with Gasteiger partial charge in [0.05, 0.1) is 0 Å². The van der Waals surface area contributed by atoms with Crippen molar-refractivity contribution in [2.75, 3.05) is 24.3 Å². The Bertz CT molecular complexity index is 1230. The van der Waals surface area contributed by atoms with E-state index in [1.165, 1.54) is 46.9 Å². The van der Waals surface area contributed by atoms with Crippen LogP contribution in [0.25, 0.3) is 0 Å². The van der Waals surface area contributed by atoms with Gasteiger partial charge in [-0.15, -0.1) is 23.1 Å². The largest absolute Gasteiger partial charge is 0.477 e. The van der Waals surface area contributed by atoms with Gasteiger partial charge in [-0.3, -0.25) is 19.6 Å². The first-order valence-corrected chi connectivity index (χ1v) is 13.2. The predicted octanol–water partition coefficient (Wildman–Crippen LogP) is 1.12. The Labute approximate surface area is 207 Å². The van der Waals surface area contributed by atoms with Crippen LogP contribution in [0.2, 0.25) is 0 Å². The summed E-state index contributed by atoms with van der Waals surface area (Å²) in [7, 11) is 1.28. The molecule has 0 spiro atoms. The zero-order chi connectivity index (χ0) is 23.7. The number of hydrogen-bond acceptors (Lipinski definition) is 13. The molecule has 2 amide bonds. The summed E-state index contributed by atoms with van der Waals surface area (Å²) in [5.74, 6) is -1.68. The number of H-pyrrole nitrogens is 1. The Morgan fingerprint density at radius 3 is 2.94 bits per heavy atom. The number of anilines is 1. The smallest absolute Gasteiger partial charge is 0.352 e. The van der Waals surface area contributed by atoms with Crippen molar-refractivity contribution in [2.45, 2.75) is 15.8 Å². The fraction of sp³-hybridized carbons (Fsp3) is 0.312. The Morgan fingerprint density at radius 1 is 1.55 bits per heavy atom. The number of nitrogen functional groups attached to an aromatic ring is 1. The number of fused-ring (bicyclic) bond motifs is 1. The molecule has 2 atom stereocenters. The molecule has 4 rings (SSSR count). The van der Waals surface area contributed by atoms with Crippen molar-refractivity contribution in [3.63, 3.8) is 0 Å². The first-order valence-electron chi connectivity index (χ1n) is 9.01. The summed E-state index contributed by atoms with van der Waals surface area (Å²) in [6, 6.07) is -0.916. The van der Waals surface area contributed by atoms with Crippen LogP contribution in [0.5, 0.6) is 0 Å². The summed E-state index contributed by atoms with van der Waals surface area (Å²) < 4.78 is 1.20. The van der Waals surface area contributed by atoms with E-state index in [1.807, 2.05) is 0 Å². The predicted molar refractivity (Wildman–Crippen MR) is 128 cm³/mol. The number of thiazole rings is 1. The molecule has 0 radical (unpaired) electrons. The Balaban J connectivity index is 1.49. The number of rotatable bonds is 8. The molecule has 0 saturated carbocycles. The number of oxime groups is 1. The number of aromatic amines is 1. The third-order valence-corrected chi connectivity index (χ3v) is 8.82. The summed E-state index contributed by atoms with van der Waals surface area (Å²) >= 11 is 10.1. The van der Waals surface area contributed by atoms with Crippen molar-refractivity contribution in [3.8, 4) is 0 Å². The van der Waals surface area contributed by atoms with Gasteiger partial charge in [-0.2, -0.15) is 5.10 Å². The van der Waals surface area contributed by atoms with Gasteiger partial charge in [-0.1, -0.05) is 28.3 Å². The van der Waals surface area contributed by atoms with Gasteiger partial charge in [0.1, 0.15) is 29.9 Å². The number of hydrogen-bond donors (Lipinski definition) is 4. The highest BCUT2D eigenvalue weighted by Crippen LogP contribution is 2.41. The molecule has 2 aromatic rings. The number of amides is 2. The molecule has 0 bridgehead atoms. The van der Waals surface area contributed by atoms with Gasteiger partial charge in [0.2, 0.25) is 0 Å². The van der Waals surface area contributed by atoms with Gasteiger partial charge in [-0.05, 0) is 17.8 Å². The second kappa shape index (κ2) is 9.80. The maximum atomic E-state index is 12.9. The molecule has 17 heteroatoms. The molecule has 2 aromatic heterocycles. The van der Waals surface area contributed by atoms with Crippen molar-refractivity contribution >= 4 is 87.0 Å². The maximum Gasteiger partial charge on any atom is 0.352 e. The molecule has 33 heavy (non-hydrogen) atoms. The van der Waals surface area contributed by atoms with E-state index in [0.29, 0.717) is 25.4 Å². The standard InChI is InChI=1S/C16H15N7O5S5/c1-28-22-7(6-4-31-14(17)18-6)10(24)19-8-11(25)23-9(13(26)27)5(2-30-12(8)23)3-32-16-21-20-15(29)33-16/h4,8,12H,2-3H2,1H3,(H2,17,18)(H,19,24)(H,20,29)(H,26,27)/b22-7-/t8-,12-/m1/s1. The van der Waals surface area contributed by atoms with Crippen LogP contribution < -0.4 is 11.1 Å². The molecule has 0 aromatic carbocycles. The highest BCUT2D eigenvalue weighted by atomic mass is 32.2. The summed E-state index contributed by atoms with van der Waals surface area (Å²) in [6.07, 6.45) is 0. The minimum atomic E-state index is -1.21. The third kappa shape index (κ3) is 4.77. The van der Waals surface area contributed by atoms with Crippen molar-refractivity contribution in [2.24, 2.45) is 5.16 Å². The van der Waals surface area contributed by atoms with Crippen LogP contribution in [0, 0.1) is 3.95 Å². The van der Waals surface area contributed by atoms with Crippen LogP contribution in [-0.4, -0.2) is 78.7 Å². The lowest BCUT2D eigenvalue weighted by molar-refractivity contribution is -0.150. The Morgan fingerprint density at radius 2 is 2.33 bits per heavy atom. The number of nitrogens with two attached hydrogens (primary N) is 1. The van der Waals surface area contributed by atoms with Gasteiger partial charge in [0, 0.05) is 16.9 Å². The van der Waals surface area contributed by atoms with Gasteiger partial charge < -0.3 is 21.0 Å². The van der Waals surface area contributed by atoms with E-state index in [0.717, 1.165) is 11.3 Å². The van der Waals surface area contributed by atoms with Crippen LogP contribution >= 0.6 is 58.4 Å². The summed E-state index contributed by atoms with van der Waals surface area (Å²) in [5, 5.41) is 24.0. The van der Waals surface area contributed by atoms with Gasteiger partial charge >= 0.3 is 5.97 Å². The highest BCUT2D eigenvalue weighted by molar-refractivity contribution is 8.02. The second-order valence-corrected chi connectivity index (χ2v) is 11.4. The van der Waals surface area contributed by atoms with E-state index >= 15 is 0 Å². The number of aromatic nitrogens is 3. The topological polar surface area (TPSA) is 176 Å². The van der Waals surface area contributed by atoms with E-state index < -0.39 is 29.2 Å². The molecule has 2 aliphatic heterocycles. The fourth-order valence-corrected chi connectivity index (χ4v) is 7.24. The minimum absolute atomic E-state index is 0.0704. The molecule has 1 saturated heterocycles.